The van der Waals surface area contributed by atoms with E-state index in [1.165, 1.54) is 5.56 Å². The minimum Gasteiger partial charge on any atom is -0.379 e. The molecule has 0 radical (unpaired) electrons. The molecule has 1 unspecified atom stereocenters. The quantitative estimate of drug-likeness (QED) is 0.789. The fourth-order valence-electron chi connectivity index (χ4n) is 2.62. The molecule has 2 N–H and O–H groups in total. The van der Waals surface area contributed by atoms with Crippen LogP contribution in [0.2, 0.25) is 0 Å². The Kier molecular flexibility index (Phi) is 6.83. The summed E-state index contributed by atoms with van der Waals surface area (Å²) >= 11 is 0. The van der Waals surface area contributed by atoms with Crippen LogP contribution in [0.5, 0.6) is 0 Å². The van der Waals surface area contributed by atoms with E-state index >= 15 is 0 Å². The summed E-state index contributed by atoms with van der Waals surface area (Å²) in [6, 6.07) is 8.45. The van der Waals surface area contributed by atoms with Gasteiger partial charge < -0.3 is 15.4 Å². The SMILES string of the molecule is CNCC(C)C(=O)NCc1cccc(CN2CCOCC2)c1. The summed E-state index contributed by atoms with van der Waals surface area (Å²) in [5.41, 5.74) is 2.44. The van der Waals surface area contributed by atoms with Crippen molar-refractivity contribution in [2.45, 2.75) is 20.0 Å². The third-order valence-corrected chi connectivity index (χ3v) is 3.93. The molecule has 1 amide bonds. The lowest BCUT2D eigenvalue weighted by atomic mass is 10.1. The number of nitrogens with zero attached hydrogens (tertiary/aromatic N) is 1. The fraction of sp³-hybridized carbons (Fsp3) is 0.588. The topological polar surface area (TPSA) is 53.6 Å². The van der Waals surface area contributed by atoms with Crippen molar-refractivity contribution in [1.29, 1.82) is 0 Å². The van der Waals surface area contributed by atoms with Crippen molar-refractivity contribution in [2.75, 3.05) is 39.9 Å². The number of amides is 1. The van der Waals surface area contributed by atoms with Gasteiger partial charge in [0.2, 0.25) is 5.91 Å². The molecular formula is C17H27N3O2. The van der Waals surface area contributed by atoms with E-state index in [-0.39, 0.29) is 11.8 Å². The summed E-state index contributed by atoms with van der Waals surface area (Å²) < 4.78 is 5.37. The van der Waals surface area contributed by atoms with Crippen LogP contribution in [0.4, 0.5) is 0 Å². The zero-order chi connectivity index (χ0) is 15.8. The van der Waals surface area contributed by atoms with Crippen LogP contribution < -0.4 is 10.6 Å². The summed E-state index contributed by atoms with van der Waals surface area (Å²) in [6.07, 6.45) is 0. The van der Waals surface area contributed by atoms with Crippen LogP contribution in [0, 0.1) is 5.92 Å². The van der Waals surface area contributed by atoms with Crippen LogP contribution in [-0.2, 0) is 22.6 Å². The van der Waals surface area contributed by atoms with E-state index in [1.54, 1.807) is 0 Å². The van der Waals surface area contributed by atoms with Crippen LogP contribution in [0.3, 0.4) is 0 Å². The Bertz CT molecular complexity index is 473. The normalized spacial score (nSPS) is 17.2. The number of carbonyl (C=O) groups excluding carboxylic acids is 1. The number of rotatable bonds is 7. The second-order valence-corrected chi connectivity index (χ2v) is 5.89. The molecule has 5 heteroatoms. The predicted octanol–water partition coefficient (Wildman–Crippen LogP) is 0.991. The Balaban J connectivity index is 1.84. The highest BCUT2D eigenvalue weighted by molar-refractivity contribution is 5.78. The molecule has 1 heterocycles. The van der Waals surface area contributed by atoms with Gasteiger partial charge in [-0.05, 0) is 18.2 Å². The molecule has 1 fully saturated rings. The minimum absolute atomic E-state index is 0.0125. The molecule has 1 aromatic rings. The van der Waals surface area contributed by atoms with Crippen molar-refractivity contribution >= 4 is 5.91 Å². The second kappa shape index (κ2) is 8.88. The molecule has 1 aliphatic rings. The number of hydrogen-bond acceptors (Lipinski definition) is 4. The molecule has 0 aliphatic carbocycles. The van der Waals surface area contributed by atoms with Crippen molar-refractivity contribution in [1.82, 2.24) is 15.5 Å². The third-order valence-electron chi connectivity index (χ3n) is 3.93. The highest BCUT2D eigenvalue weighted by atomic mass is 16.5. The lowest BCUT2D eigenvalue weighted by Crippen LogP contribution is -2.35. The maximum Gasteiger partial charge on any atom is 0.224 e. The van der Waals surface area contributed by atoms with Crippen LogP contribution in [-0.4, -0.2) is 50.7 Å². The highest BCUT2D eigenvalue weighted by Crippen LogP contribution is 2.10. The lowest BCUT2D eigenvalue weighted by Gasteiger charge is -2.26. The Labute approximate surface area is 133 Å². The molecular weight excluding hydrogens is 278 g/mol. The molecule has 0 saturated carbocycles. The summed E-state index contributed by atoms with van der Waals surface area (Å²) in [7, 11) is 1.86. The molecule has 1 aromatic carbocycles. The molecule has 0 spiro atoms. The Morgan fingerprint density at radius 2 is 2.05 bits per heavy atom. The van der Waals surface area contributed by atoms with E-state index in [0.29, 0.717) is 13.1 Å². The largest absolute Gasteiger partial charge is 0.379 e. The number of hydrogen-bond donors (Lipinski definition) is 2. The Morgan fingerprint density at radius 1 is 1.32 bits per heavy atom. The minimum atomic E-state index is -0.0125. The van der Waals surface area contributed by atoms with Gasteiger partial charge in [0.05, 0.1) is 13.2 Å². The van der Waals surface area contributed by atoms with Gasteiger partial charge in [0.15, 0.2) is 0 Å². The van der Waals surface area contributed by atoms with Crippen molar-refractivity contribution in [2.24, 2.45) is 5.92 Å². The van der Waals surface area contributed by atoms with Crippen molar-refractivity contribution in [3.63, 3.8) is 0 Å². The molecule has 5 nitrogen and oxygen atoms in total. The summed E-state index contributed by atoms with van der Waals surface area (Å²) in [4.78, 5) is 14.3. The smallest absolute Gasteiger partial charge is 0.224 e. The number of ether oxygens (including phenoxy) is 1. The van der Waals surface area contributed by atoms with Gasteiger partial charge in [0.25, 0.3) is 0 Å². The average Bonchev–Trinajstić information content (AvgIpc) is 2.54. The second-order valence-electron chi connectivity index (χ2n) is 5.89. The maximum atomic E-state index is 11.9. The monoisotopic (exact) mass is 305 g/mol. The number of carbonyl (C=O) groups is 1. The molecule has 0 aromatic heterocycles. The van der Waals surface area contributed by atoms with E-state index in [1.807, 2.05) is 14.0 Å². The summed E-state index contributed by atoms with van der Waals surface area (Å²) in [5, 5.41) is 6.03. The van der Waals surface area contributed by atoms with E-state index in [2.05, 4.69) is 39.8 Å². The Hall–Kier alpha value is -1.43. The first kappa shape index (κ1) is 16.9. The number of benzene rings is 1. The predicted molar refractivity (Wildman–Crippen MR) is 87.5 cm³/mol. The van der Waals surface area contributed by atoms with E-state index in [4.69, 9.17) is 4.74 Å². The molecule has 1 atom stereocenters. The van der Waals surface area contributed by atoms with Crippen LogP contribution in [0.1, 0.15) is 18.1 Å². The maximum absolute atomic E-state index is 11.9. The van der Waals surface area contributed by atoms with Gasteiger partial charge in [-0.25, -0.2) is 0 Å². The van der Waals surface area contributed by atoms with Crippen molar-refractivity contribution in [3.8, 4) is 0 Å². The van der Waals surface area contributed by atoms with Crippen molar-refractivity contribution < 1.29 is 9.53 Å². The van der Waals surface area contributed by atoms with E-state index in [9.17, 15) is 4.79 Å². The molecule has 22 heavy (non-hydrogen) atoms. The highest BCUT2D eigenvalue weighted by Gasteiger charge is 2.12. The zero-order valence-corrected chi connectivity index (χ0v) is 13.6. The standard InChI is InChI=1S/C17H27N3O2/c1-14(11-18-2)17(21)19-12-15-4-3-5-16(10-15)13-20-6-8-22-9-7-20/h3-5,10,14,18H,6-9,11-13H2,1-2H3,(H,19,21). The third kappa shape index (κ3) is 5.40. The molecule has 1 aliphatic heterocycles. The van der Waals surface area contributed by atoms with Gasteiger partial charge in [-0.15, -0.1) is 0 Å². The average molecular weight is 305 g/mol. The molecule has 1 saturated heterocycles. The van der Waals surface area contributed by atoms with Gasteiger partial charge in [0, 0.05) is 38.6 Å². The summed E-state index contributed by atoms with van der Waals surface area (Å²) in [6.45, 7) is 7.78. The number of morpholine rings is 1. The first-order valence-corrected chi connectivity index (χ1v) is 7.99. The lowest BCUT2D eigenvalue weighted by molar-refractivity contribution is -0.124. The first-order chi connectivity index (χ1) is 10.7. The van der Waals surface area contributed by atoms with Crippen molar-refractivity contribution in [3.05, 3.63) is 35.4 Å². The Morgan fingerprint density at radius 3 is 2.77 bits per heavy atom. The first-order valence-electron chi connectivity index (χ1n) is 7.99. The number of nitrogens with one attached hydrogen (secondary N) is 2. The van der Waals surface area contributed by atoms with E-state index in [0.717, 1.165) is 38.4 Å². The zero-order valence-electron chi connectivity index (χ0n) is 13.6. The molecule has 122 valence electrons. The summed E-state index contributed by atoms with van der Waals surface area (Å²) in [5.74, 6) is 0.0782. The molecule has 2 rings (SSSR count). The fourth-order valence-corrected chi connectivity index (χ4v) is 2.62. The van der Waals surface area contributed by atoms with Gasteiger partial charge in [-0.3, -0.25) is 9.69 Å². The van der Waals surface area contributed by atoms with Gasteiger partial charge >= 0.3 is 0 Å². The van der Waals surface area contributed by atoms with E-state index < -0.39 is 0 Å². The van der Waals surface area contributed by atoms with Crippen LogP contribution in [0.15, 0.2) is 24.3 Å². The van der Waals surface area contributed by atoms with Crippen LogP contribution >= 0.6 is 0 Å². The van der Waals surface area contributed by atoms with Crippen LogP contribution in [0.25, 0.3) is 0 Å². The van der Waals surface area contributed by atoms with Gasteiger partial charge in [-0.2, -0.15) is 0 Å². The van der Waals surface area contributed by atoms with Gasteiger partial charge in [-0.1, -0.05) is 31.2 Å². The molecule has 0 bridgehead atoms. The van der Waals surface area contributed by atoms with Gasteiger partial charge in [0.1, 0.15) is 0 Å².